The van der Waals surface area contributed by atoms with E-state index < -0.39 is 22.7 Å². The minimum absolute atomic E-state index is 0.280. The number of nitrogens with zero attached hydrogens (tertiary/aromatic N) is 1. The average Bonchev–Trinajstić information content (AvgIpc) is 2.60. The number of hydrogen-bond donors (Lipinski definition) is 3. The first kappa shape index (κ1) is 17.2. The molecule has 1 aromatic heterocycles. The van der Waals surface area contributed by atoms with Gasteiger partial charge in [0.1, 0.15) is 5.56 Å². The fourth-order valence-corrected chi connectivity index (χ4v) is 3.69. The van der Waals surface area contributed by atoms with Crippen molar-refractivity contribution in [3.63, 3.8) is 0 Å². The number of aromatic hydroxyl groups is 1. The first-order valence-electron chi connectivity index (χ1n) is 8.31. The van der Waals surface area contributed by atoms with E-state index in [1.165, 1.54) is 12.4 Å². The molecule has 1 aromatic carbocycles. The second-order valence-corrected chi connectivity index (χ2v) is 6.74. The summed E-state index contributed by atoms with van der Waals surface area (Å²) in [6.45, 7) is 0.428. The van der Waals surface area contributed by atoms with Crippen LogP contribution >= 0.6 is 0 Å². The molecule has 2 aromatic rings. The molecule has 1 saturated carbocycles. The predicted octanol–water partition coefficient (Wildman–Crippen LogP) is 2.13. The molecule has 0 spiro atoms. The van der Waals surface area contributed by atoms with E-state index in [1.54, 1.807) is 4.57 Å². The van der Waals surface area contributed by atoms with Crippen LogP contribution in [0.2, 0.25) is 0 Å². The highest BCUT2D eigenvalue weighted by atomic mass is 16.4. The number of benzene rings is 1. The van der Waals surface area contributed by atoms with E-state index in [4.69, 9.17) is 0 Å². The Bertz CT molecular complexity index is 819. The number of aliphatic hydroxyl groups is 1. The molecule has 6 heteroatoms. The van der Waals surface area contributed by atoms with Gasteiger partial charge in [0.25, 0.3) is 0 Å². The van der Waals surface area contributed by atoms with Gasteiger partial charge in [0, 0.05) is 24.4 Å². The largest absolute Gasteiger partial charge is 0.503 e. The highest BCUT2D eigenvalue weighted by Crippen LogP contribution is 2.41. The summed E-state index contributed by atoms with van der Waals surface area (Å²) in [6.07, 6.45) is 5.04. The number of aliphatic hydroxyl groups excluding tert-OH is 1. The minimum atomic E-state index is -1.36. The zero-order valence-corrected chi connectivity index (χ0v) is 13.8. The molecule has 0 aliphatic heterocycles. The quantitative estimate of drug-likeness (QED) is 0.790. The molecule has 0 atom stereocenters. The zero-order valence-electron chi connectivity index (χ0n) is 13.8. The van der Waals surface area contributed by atoms with Crippen molar-refractivity contribution in [3.8, 4) is 5.75 Å². The van der Waals surface area contributed by atoms with Gasteiger partial charge >= 0.3 is 5.97 Å². The summed E-state index contributed by atoms with van der Waals surface area (Å²) in [6, 6.07) is 9.89. The number of carbonyl (C=O) groups is 1. The van der Waals surface area contributed by atoms with E-state index in [1.807, 2.05) is 30.3 Å². The molecule has 0 amide bonds. The molecule has 0 bridgehead atoms. The first-order chi connectivity index (χ1) is 11.9. The molecule has 3 N–H and O–H groups in total. The average molecular weight is 343 g/mol. The second-order valence-electron chi connectivity index (χ2n) is 6.74. The van der Waals surface area contributed by atoms with Gasteiger partial charge in [-0.1, -0.05) is 30.3 Å². The van der Waals surface area contributed by atoms with Crippen LogP contribution in [0.4, 0.5) is 0 Å². The Morgan fingerprint density at radius 3 is 2.40 bits per heavy atom. The van der Waals surface area contributed by atoms with E-state index in [-0.39, 0.29) is 11.5 Å². The molecule has 1 aliphatic carbocycles. The molecule has 132 valence electrons. The van der Waals surface area contributed by atoms with Crippen molar-refractivity contribution in [1.82, 2.24) is 4.57 Å². The maximum absolute atomic E-state index is 11.8. The lowest BCUT2D eigenvalue weighted by molar-refractivity contribution is 0.0693. The van der Waals surface area contributed by atoms with Gasteiger partial charge in [-0.3, -0.25) is 4.79 Å². The SMILES string of the molecule is O=C(O)c1cn(CC2(c3ccccc3)CCC(O)CC2)cc(O)c1=O. The monoisotopic (exact) mass is 343 g/mol. The third-order valence-corrected chi connectivity index (χ3v) is 5.07. The maximum Gasteiger partial charge on any atom is 0.341 e. The lowest BCUT2D eigenvalue weighted by atomic mass is 9.68. The van der Waals surface area contributed by atoms with Crippen molar-refractivity contribution in [2.75, 3.05) is 0 Å². The van der Waals surface area contributed by atoms with Gasteiger partial charge in [-0.05, 0) is 31.2 Å². The standard InChI is InChI=1S/C19H21NO5/c21-14-6-8-19(9-7-14,13-4-2-1-3-5-13)12-20-10-15(18(24)25)17(23)16(22)11-20/h1-5,10-11,14,21-22H,6-9,12H2,(H,24,25). The number of aromatic nitrogens is 1. The normalized spacial score (nSPS) is 23.3. The van der Waals surface area contributed by atoms with Crippen LogP contribution in [0.3, 0.4) is 0 Å². The molecule has 0 radical (unpaired) electrons. The van der Waals surface area contributed by atoms with Gasteiger partial charge in [-0.25, -0.2) is 4.79 Å². The fraction of sp³-hybridized carbons (Fsp3) is 0.368. The van der Waals surface area contributed by atoms with Crippen molar-refractivity contribution >= 4 is 5.97 Å². The van der Waals surface area contributed by atoms with Gasteiger partial charge in [0.15, 0.2) is 5.75 Å². The van der Waals surface area contributed by atoms with Crippen molar-refractivity contribution < 1.29 is 20.1 Å². The van der Waals surface area contributed by atoms with Crippen molar-refractivity contribution in [3.05, 3.63) is 64.1 Å². The van der Waals surface area contributed by atoms with Gasteiger partial charge in [0.2, 0.25) is 5.43 Å². The molecule has 0 saturated heterocycles. The molecule has 1 aliphatic rings. The van der Waals surface area contributed by atoms with Gasteiger partial charge in [-0.2, -0.15) is 0 Å². The topological polar surface area (TPSA) is 99.8 Å². The van der Waals surface area contributed by atoms with Crippen molar-refractivity contribution in [1.29, 1.82) is 0 Å². The highest BCUT2D eigenvalue weighted by Gasteiger charge is 2.37. The number of hydrogen-bond acceptors (Lipinski definition) is 4. The van der Waals surface area contributed by atoms with E-state index in [0.717, 1.165) is 18.4 Å². The number of carboxylic acid groups (broad SMARTS) is 1. The molecule has 1 heterocycles. The van der Waals surface area contributed by atoms with Crippen LogP contribution in [0.1, 0.15) is 41.6 Å². The third kappa shape index (κ3) is 3.44. The number of rotatable bonds is 4. The first-order valence-corrected chi connectivity index (χ1v) is 8.31. The summed E-state index contributed by atoms with van der Waals surface area (Å²) >= 11 is 0. The Morgan fingerprint density at radius 1 is 1.16 bits per heavy atom. The van der Waals surface area contributed by atoms with E-state index in [9.17, 15) is 24.9 Å². The fourth-order valence-electron chi connectivity index (χ4n) is 3.69. The Hall–Kier alpha value is -2.60. The lowest BCUT2D eigenvalue weighted by Crippen LogP contribution is -2.38. The second kappa shape index (κ2) is 6.72. The molecule has 6 nitrogen and oxygen atoms in total. The molecular weight excluding hydrogens is 322 g/mol. The molecule has 3 rings (SSSR count). The van der Waals surface area contributed by atoms with E-state index in [2.05, 4.69) is 0 Å². The summed E-state index contributed by atoms with van der Waals surface area (Å²) in [5, 5.41) is 28.9. The van der Waals surface area contributed by atoms with Crippen LogP contribution in [0, 0.1) is 0 Å². The molecular formula is C19H21NO5. The Kier molecular flexibility index (Phi) is 4.63. The van der Waals surface area contributed by atoms with Crippen LogP contribution in [0.25, 0.3) is 0 Å². The highest BCUT2D eigenvalue weighted by molar-refractivity contribution is 5.87. The Balaban J connectivity index is 2.02. The summed E-state index contributed by atoms with van der Waals surface area (Å²) in [4.78, 5) is 23.0. The smallest absolute Gasteiger partial charge is 0.341 e. The van der Waals surface area contributed by atoms with Crippen LogP contribution in [-0.4, -0.2) is 32.0 Å². The molecule has 0 unspecified atom stereocenters. The summed E-state index contributed by atoms with van der Waals surface area (Å²) in [5.74, 6) is -1.93. The third-order valence-electron chi connectivity index (χ3n) is 5.07. The predicted molar refractivity (Wildman–Crippen MR) is 91.9 cm³/mol. The zero-order chi connectivity index (χ0) is 18.0. The van der Waals surface area contributed by atoms with Crippen LogP contribution in [0.15, 0.2) is 47.5 Å². The Morgan fingerprint density at radius 2 is 1.80 bits per heavy atom. The minimum Gasteiger partial charge on any atom is -0.503 e. The van der Waals surface area contributed by atoms with Gasteiger partial charge in [-0.15, -0.1) is 0 Å². The summed E-state index contributed by atoms with van der Waals surface area (Å²) in [7, 11) is 0. The molecule has 1 fully saturated rings. The van der Waals surface area contributed by atoms with Gasteiger partial charge in [0.05, 0.1) is 6.10 Å². The van der Waals surface area contributed by atoms with E-state index >= 15 is 0 Å². The van der Waals surface area contributed by atoms with E-state index in [0.29, 0.717) is 19.4 Å². The van der Waals surface area contributed by atoms with Crippen LogP contribution in [0.5, 0.6) is 5.75 Å². The van der Waals surface area contributed by atoms with Crippen LogP contribution < -0.4 is 5.43 Å². The number of aromatic carboxylic acids is 1. The Labute approximate surface area is 145 Å². The summed E-state index contributed by atoms with van der Waals surface area (Å²) in [5.41, 5.74) is -0.495. The van der Waals surface area contributed by atoms with Crippen molar-refractivity contribution in [2.45, 2.75) is 43.7 Å². The maximum atomic E-state index is 11.8. The molecule has 25 heavy (non-hydrogen) atoms. The van der Waals surface area contributed by atoms with Gasteiger partial charge < -0.3 is 19.9 Å². The van der Waals surface area contributed by atoms with Crippen LogP contribution in [-0.2, 0) is 12.0 Å². The summed E-state index contributed by atoms with van der Waals surface area (Å²) < 4.78 is 1.57. The lowest BCUT2D eigenvalue weighted by Gasteiger charge is -2.40. The number of pyridine rings is 1. The number of carboxylic acids is 1. The van der Waals surface area contributed by atoms with Crippen molar-refractivity contribution in [2.24, 2.45) is 0 Å².